The minimum Gasteiger partial charge on any atom is -0.497 e. The van der Waals surface area contributed by atoms with E-state index in [1.807, 2.05) is 108 Å². The van der Waals surface area contributed by atoms with E-state index in [1.54, 1.807) is 19.1 Å². The van der Waals surface area contributed by atoms with Gasteiger partial charge in [0.25, 0.3) is 5.91 Å². The number of rotatable bonds is 13. The summed E-state index contributed by atoms with van der Waals surface area (Å²) in [5.41, 5.74) is 5.84. The van der Waals surface area contributed by atoms with E-state index in [2.05, 4.69) is 11.1 Å². The van der Waals surface area contributed by atoms with Crippen molar-refractivity contribution in [2.45, 2.75) is 13.0 Å². The van der Waals surface area contributed by atoms with E-state index in [1.165, 1.54) is 0 Å². The smallest absolute Gasteiger partial charge is 0.254 e. The van der Waals surface area contributed by atoms with E-state index in [0.717, 1.165) is 38.9 Å². The molecule has 0 radical (unpaired) electrons. The fourth-order valence-corrected chi connectivity index (χ4v) is 5.17. The van der Waals surface area contributed by atoms with Gasteiger partial charge in [0.15, 0.2) is 0 Å². The zero-order valence-electron chi connectivity index (χ0n) is 24.7. The highest BCUT2D eigenvalue weighted by Gasteiger charge is 2.23. The molecule has 2 amide bonds. The van der Waals surface area contributed by atoms with Gasteiger partial charge in [-0.1, -0.05) is 72.8 Å². The summed E-state index contributed by atoms with van der Waals surface area (Å²) in [7, 11) is 3.23. The van der Waals surface area contributed by atoms with Gasteiger partial charge < -0.3 is 24.3 Å². The molecular weight excluding hydrogens is 538 g/mol. The van der Waals surface area contributed by atoms with Crippen molar-refractivity contribution in [3.8, 4) is 16.9 Å². The first-order valence-electron chi connectivity index (χ1n) is 14.4. The number of amides is 2. The molecule has 5 aromatic rings. The van der Waals surface area contributed by atoms with Crippen molar-refractivity contribution in [3.63, 3.8) is 0 Å². The van der Waals surface area contributed by atoms with Crippen LogP contribution in [0.2, 0.25) is 0 Å². The number of aromatic nitrogens is 1. The molecule has 0 aliphatic carbocycles. The predicted octanol–water partition coefficient (Wildman–Crippen LogP) is 6.20. The third-order valence-corrected chi connectivity index (χ3v) is 7.63. The van der Waals surface area contributed by atoms with Gasteiger partial charge in [-0.2, -0.15) is 0 Å². The van der Waals surface area contributed by atoms with Crippen LogP contribution >= 0.6 is 0 Å². The summed E-state index contributed by atoms with van der Waals surface area (Å²) in [5, 5.41) is 1.15. The molecule has 0 saturated carbocycles. The van der Waals surface area contributed by atoms with Crippen molar-refractivity contribution in [1.82, 2.24) is 14.8 Å². The van der Waals surface area contributed by atoms with E-state index >= 15 is 0 Å². The zero-order valence-corrected chi connectivity index (χ0v) is 24.7. The number of methoxy groups -OCH3 is 2. The van der Waals surface area contributed by atoms with Crippen LogP contribution in [0, 0.1) is 0 Å². The van der Waals surface area contributed by atoms with Crippen LogP contribution in [0.15, 0.2) is 109 Å². The van der Waals surface area contributed by atoms with E-state index in [-0.39, 0.29) is 18.4 Å². The van der Waals surface area contributed by atoms with E-state index in [4.69, 9.17) is 9.47 Å². The lowest BCUT2D eigenvalue weighted by Gasteiger charge is -2.28. The van der Waals surface area contributed by atoms with Gasteiger partial charge >= 0.3 is 0 Å². The number of hydrogen-bond donors (Lipinski definition) is 1. The predicted molar refractivity (Wildman–Crippen MR) is 170 cm³/mol. The fourth-order valence-electron chi connectivity index (χ4n) is 5.17. The number of benzene rings is 4. The average molecular weight is 576 g/mol. The SMILES string of the molecule is COCCN(CC(=O)N(CCc1c[nH]c2ccccc12)Cc1ccc(OC)cc1)C(=O)c1ccc(-c2ccccc2)cc1. The number of nitrogens with one attached hydrogen (secondary N) is 1. The maximum Gasteiger partial charge on any atom is 0.254 e. The van der Waals surface area contributed by atoms with Crippen LogP contribution in [0.25, 0.3) is 22.0 Å². The van der Waals surface area contributed by atoms with Crippen LogP contribution in [-0.2, 0) is 22.5 Å². The summed E-state index contributed by atoms with van der Waals surface area (Å²) < 4.78 is 10.6. The molecule has 0 aliphatic rings. The molecule has 1 N–H and O–H groups in total. The molecule has 7 heteroatoms. The summed E-state index contributed by atoms with van der Waals surface area (Å²) >= 11 is 0. The van der Waals surface area contributed by atoms with Crippen molar-refractivity contribution in [2.24, 2.45) is 0 Å². The minimum absolute atomic E-state index is 0.0489. The number of fused-ring (bicyclic) bond motifs is 1. The van der Waals surface area contributed by atoms with Gasteiger partial charge in [0, 0.05) is 49.4 Å². The van der Waals surface area contributed by atoms with E-state index in [9.17, 15) is 9.59 Å². The molecule has 0 unspecified atom stereocenters. The molecule has 1 aromatic heterocycles. The first-order chi connectivity index (χ1) is 21.1. The molecule has 0 saturated heterocycles. The molecule has 1 heterocycles. The Labute approximate surface area is 252 Å². The van der Waals surface area contributed by atoms with Crippen LogP contribution in [0.3, 0.4) is 0 Å². The van der Waals surface area contributed by atoms with Crippen molar-refractivity contribution in [1.29, 1.82) is 0 Å². The lowest BCUT2D eigenvalue weighted by atomic mass is 10.0. The molecule has 0 aliphatic heterocycles. The first kappa shape index (κ1) is 29.6. The number of carbonyl (C=O) groups excluding carboxylic acids is 2. The molecule has 5 rings (SSSR count). The van der Waals surface area contributed by atoms with Crippen LogP contribution < -0.4 is 4.74 Å². The van der Waals surface area contributed by atoms with Gasteiger partial charge in [0.05, 0.1) is 13.7 Å². The van der Waals surface area contributed by atoms with Crippen LogP contribution in [0.5, 0.6) is 5.75 Å². The largest absolute Gasteiger partial charge is 0.497 e. The Bertz CT molecular complexity index is 1630. The highest BCUT2D eigenvalue weighted by atomic mass is 16.5. The molecule has 7 nitrogen and oxygen atoms in total. The molecule has 0 fully saturated rings. The van der Waals surface area contributed by atoms with Crippen molar-refractivity contribution < 1.29 is 19.1 Å². The maximum absolute atomic E-state index is 13.9. The second-order valence-electron chi connectivity index (χ2n) is 10.4. The summed E-state index contributed by atoms with van der Waals surface area (Å²) in [6.07, 6.45) is 2.69. The summed E-state index contributed by atoms with van der Waals surface area (Å²) in [4.78, 5) is 34.3. The standard InChI is InChI=1S/C36H37N3O4/c1-42-23-22-39(36(41)30-16-14-29(15-17-30)28-8-4-3-5-9-28)26-35(40)38(25-27-12-18-32(43-2)19-13-27)21-20-31-24-37-34-11-7-6-10-33(31)34/h3-19,24,37H,20-23,25-26H2,1-2H3. The van der Waals surface area contributed by atoms with Crippen molar-refractivity contribution in [2.75, 3.05) is 40.5 Å². The fraction of sp³-hybridized carbons (Fsp3) is 0.222. The average Bonchev–Trinajstić information content (AvgIpc) is 3.48. The minimum atomic E-state index is -0.203. The van der Waals surface area contributed by atoms with Crippen molar-refractivity contribution >= 4 is 22.7 Å². The van der Waals surface area contributed by atoms with Crippen LogP contribution in [0.1, 0.15) is 21.5 Å². The Balaban J connectivity index is 1.34. The van der Waals surface area contributed by atoms with Gasteiger partial charge in [-0.3, -0.25) is 9.59 Å². The highest BCUT2D eigenvalue weighted by molar-refractivity contribution is 5.97. The monoisotopic (exact) mass is 575 g/mol. The Morgan fingerprint density at radius 3 is 2.16 bits per heavy atom. The molecule has 0 atom stereocenters. The Kier molecular flexibility index (Phi) is 9.87. The number of hydrogen-bond acceptors (Lipinski definition) is 4. The van der Waals surface area contributed by atoms with Gasteiger partial charge in [0.2, 0.25) is 5.91 Å². The number of ether oxygens (including phenoxy) is 2. The number of H-pyrrole nitrogens is 1. The second kappa shape index (κ2) is 14.3. The van der Waals surface area contributed by atoms with E-state index < -0.39 is 0 Å². The molecule has 4 aromatic carbocycles. The lowest BCUT2D eigenvalue weighted by Crippen LogP contribution is -2.44. The Morgan fingerprint density at radius 1 is 0.744 bits per heavy atom. The van der Waals surface area contributed by atoms with Crippen LogP contribution in [-0.4, -0.2) is 67.1 Å². The maximum atomic E-state index is 13.9. The molecule has 0 bridgehead atoms. The second-order valence-corrected chi connectivity index (χ2v) is 10.4. The number of para-hydroxylation sites is 1. The van der Waals surface area contributed by atoms with Gasteiger partial charge in [-0.15, -0.1) is 0 Å². The van der Waals surface area contributed by atoms with Gasteiger partial charge in [-0.25, -0.2) is 0 Å². The number of aromatic amines is 1. The summed E-state index contributed by atoms with van der Waals surface area (Å²) in [6, 6.07) is 33.4. The first-order valence-corrected chi connectivity index (χ1v) is 14.4. The zero-order chi connectivity index (χ0) is 30.0. The summed E-state index contributed by atoms with van der Waals surface area (Å²) in [5.74, 6) is 0.432. The van der Waals surface area contributed by atoms with Gasteiger partial charge in [0.1, 0.15) is 12.3 Å². The third kappa shape index (κ3) is 7.50. The lowest BCUT2D eigenvalue weighted by molar-refractivity contribution is -0.132. The third-order valence-electron chi connectivity index (χ3n) is 7.63. The van der Waals surface area contributed by atoms with Crippen molar-refractivity contribution in [3.05, 3.63) is 126 Å². The van der Waals surface area contributed by atoms with E-state index in [0.29, 0.717) is 38.2 Å². The Hall–Kier alpha value is -4.88. The topological polar surface area (TPSA) is 74.9 Å². The molecular formula is C36H37N3O4. The Morgan fingerprint density at radius 2 is 1.44 bits per heavy atom. The van der Waals surface area contributed by atoms with Gasteiger partial charge in [-0.05, 0) is 59.0 Å². The molecule has 0 spiro atoms. The molecule has 220 valence electrons. The normalized spacial score (nSPS) is 10.9. The molecule has 43 heavy (non-hydrogen) atoms. The quantitative estimate of drug-likeness (QED) is 0.181. The number of carbonyl (C=O) groups is 2. The number of nitrogens with zero attached hydrogens (tertiary/aromatic N) is 2. The van der Waals surface area contributed by atoms with Crippen LogP contribution in [0.4, 0.5) is 0 Å². The summed E-state index contributed by atoms with van der Waals surface area (Å²) in [6.45, 7) is 1.51. The highest BCUT2D eigenvalue weighted by Crippen LogP contribution is 2.21.